The first-order valence-electron chi connectivity index (χ1n) is 4.94. The summed E-state index contributed by atoms with van der Waals surface area (Å²) in [5.74, 6) is 0.214. The number of hydrogen-bond acceptors (Lipinski definition) is 2. The molecule has 0 aliphatic carbocycles. The highest BCUT2D eigenvalue weighted by Gasteiger charge is 2.11. The number of carbonyl (C=O) groups excluding carboxylic acids is 1. The van der Waals surface area contributed by atoms with Crippen LogP contribution in [0.5, 0.6) is 0 Å². The molecule has 18 heavy (non-hydrogen) atoms. The number of nitrogens with one attached hydrogen (secondary N) is 1. The van der Waals surface area contributed by atoms with Gasteiger partial charge in [0.25, 0.3) is 5.91 Å². The Labute approximate surface area is 131 Å². The number of pyridine rings is 1. The van der Waals surface area contributed by atoms with E-state index in [4.69, 9.17) is 11.6 Å². The molecule has 2 rings (SSSR count). The number of carbonyl (C=O) groups is 1. The number of halogens is 3. The van der Waals surface area contributed by atoms with Crippen LogP contribution in [0.4, 0.5) is 5.82 Å². The molecule has 1 heterocycles. The Morgan fingerprint density at radius 3 is 2.78 bits per heavy atom. The number of nitrogens with zero attached hydrogens (tertiary/aromatic N) is 1. The molecule has 0 fully saturated rings. The minimum absolute atomic E-state index is 0.270. The maximum Gasteiger partial charge on any atom is 0.258 e. The molecule has 2 aromatic rings. The van der Waals surface area contributed by atoms with Crippen molar-refractivity contribution in [2.75, 3.05) is 5.32 Å². The van der Waals surface area contributed by atoms with E-state index in [0.29, 0.717) is 16.4 Å². The highest BCUT2D eigenvalue weighted by atomic mass is 127. The fraction of sp³-hybridized carbons (Fsp3) is 0. The predicted octanol–water partition coefficient (Wildman–Crippen LogP) is 4.35. The van der Waals surface area contributed by atoms with Gasteiger partial charge in [-0.2, -0.15) is 0 Å². The highest BCUT2D eigenvalue weighted by Crippen LogP contribution is 2.20. The fourth-order valence-corrected chi connectivity index (χ4v) is 2.23. The molecule has 0 aliphatic rings. The molecule has 0 bridgehead atoms. The first-order valence-corrected chi connectivity index (χ1v) is 7.19. The average molecular weight is 437 g/mol. The minimum Gasteiger partial charge on any atom is -0.307 e. The molecule has 0 saturated carbocycles. The second-order valence-electron chi connectivity index (χ2n) is 3.44. The van der Waals surface area contributed by atoms with Crippen molar-refractivity contribution in [1.29, 1.82) is 0 Å². The molecule has 0 spiro atoms. The van der Waals surface area contributed by atoms with Crippen molar-refractivity contribution in [2.24, 2.45) is 0 Å². The Bertz CT molecular complexity index is 589. The van der Waals surface area contributed by atoms with E-state index in [0.717, 1.165) is 8.04 Å². The molecule has 1 amide bonds. The molecule has 1 aromatic heterocycles. The van der Waals surface area contributed by atoms with E-state index in [1.54, 1.807) is 30.5 Å². The van der Waals surface area contributed by atoms with Crippen molar-refractivity contribution in [3.8, 4) is 0 Å². The summed E-state index contributed by atoms with van der Waals surface area (Å²) in [6.45, 7) is 0. The van der Waals surface area contributed by atoms with Gasteiger partial charge in [0.15, 0.2) is 0 Å². The van der Waals surface area contributed by atoms with Crippen molar-refractivity contribution in [1.82, 2.24) is 4.98 Å². The zero-order valence-electron chi connectivity index (χ0n) is 8.95. The monoisotopic (exact) mass is 436 g/mol. The van der Waals surface area contributed by atoms with Gasteiger partial charge in [0, 0.05) is 14.2 Å². The van der Waals surface area contributed by atoms with Gasteiger partial charge in [0.05, 0.1) is 10.6 Å². The van der Waals surface area contributed by atoms with Crippen LogP contribution < -0.4 is 5.32 Å². The van der Waals surface area contributed by atoms with Crippen LogP contribution in [0.3, 0.4) is 0 Å². The van der Waals surface area contributed by atoms with Gasteiger partial charge in [0.1, 0.15) is 5.82 Å². The zero-order valence-corrected chi connectivity index (χ0v) is 13.5. The Kier molecular flexibility index (Phi) is 4.58. The maximum atomic E-state index is 12.0. The normalized spacial score (nSPS) is 10.2. The van der Waals surface area contributed by atoms with Crippen LogP contribution >= 0.6 is 50.1 Å². The van der Waals surface area contributed by atoms with Gasteiger partial charge < -0.3 is 5.32 Å². The van der Waals surface area contributed by atoms with E-state index in [1.807, 2.05) is 6.07 Å². The Morgan fingerprint density at radius 2 is 2.11 bits per heavy atom. The smallest absolute Gasteiger partial charge is 0.258 e. The number of amides is 1. The number of hydrogen-bond donors (Lipinski definition) is 1. The van der Waals surface area contributed by atoms with E-state index in [-0.39, 0.29) is 5.91 Å². The van der Waals surface area contributed by atoms with E-state index >= 15 is 0 Å². The van der Waals surface area contributed by atoms with E-state index in [9.17, 15) is 4.79 Å². The van der Waals surface area contributed by atoms with Crippen LogP contribution in [0.25, 0.3) is 0 Å². The SMILES string of the molecule is O=C(Nc1ccc(Br)cn1)c1cc(I)ccc1Cl. The first kappa shape index (κ1) is 13.8. The minimum atomic E-state index is -0.270. The summed E-state index contributed by atoms with van der Waals surface area (Å²) in [6, 6.07) is 8.80. The summed E-state index contributed by atoms with van der Waals surface area (Å²) < 4.78 is 1.80. The largest absolute Gasteiger partial charge is 0.307 e. The Balaban J connectivity index is 2.21. The first-order chi connectivity index (χ1) is 8.56. The fourth-order valence-electron chi connectivity index (χ4n) is 1.30. The third-order valence-electron chi connectivity index (χ3n) is 2.14. The topological polar surface area (TPSA) is 42.0 Å². The van der Waals surface area contributed by atoms with E-state index in [1.165, 1.54) is 0 Å². The number of benzene rings is 1. The summed E-state index contributed by atoms with van der Waals surface area (Å²) >= 11 is 11.4. The molecule has 0 radical (unpaired) electrons. The Hall–Kier alpha value is -0.660. The van der Waals surface area contributed by atoms with E-state index in [2.05, 4.69) is 48.8 Å². The molecule has 0 unspecified atom stereocenters. The summed E-state index contributed by atoms with van der Waals surface area (Å²) in [5, 5.41) is 3.12. The summed E-state index contributed by atoms with van der Waals surface area (Å²) in [7, 11) is 0. The summed E-state index contributed by atoms with van der Waals surface area (Å²) in [4.78, 5) is 16.1. The predicted molar refractivity (Wildman–Crippen MR) is 84.1 cm³/mol. The lowest BCUT2D eigenvalue weighted by molar-refractivity contribution is 0.102. The molecular formula is C12H7BrClIN2O. The van der Waals surface area contributed by atoms with Crippen LogP contribution in [-0.4, -0.2) is 10.9 Å². The second-order valence-corrected chi connectivity index (χ2v) is 6.01. The molecule has 6 heteroatoms. The van der Waals surface area contributed by atoms with Gasteiger partial charge in [-0.25, -0.2) is 4.98 Å². The third-order valence-corrected chi connectivity index (χ3v) is 3.61. The van der Waals surface area contributed by atoms with Gasteiger partial charge in [-0.1, -0.05) is 11.6 Å². The number of aromatic nitrogens is 1. The molecule has 3 nitrogen and oxygen atoms in total. The molecule has 92 valence electrons. The molecule has 1 aromatic carbocycles. The third kappa shape index (κ3) is 3.43. The summed E-state index contributed by atoms with van der Waals surface area (Å²) in [5.41, 5.74) is 0.438. The lowest BCUT2D eigenvalue weighted by atomic mass is 10.2. The van der Waals surface area contributed by atoms with Crippen LogP contribution in [0.15, 0.2) is 41.0 Å². The van der Waals surface area contributed by atoms with Crippen molar-refractivity contribution < 1.29 is 4.79 Å². The van der Waals surface area contributed by atoms with Crippen molar-refractivity contribution in [3.05, 3.63) is 55.2 Å². The highest BCUT2D eigenvalue weighted by molar-refractivity contribution is 14.1. The molecular weight excluding hydrogens is 430 g/mol. The van der Waals surface area contributed by atoms with Gasteiger partial charge in [-0.15, -0.1) is 0 Å². The van der Waals surface area contributed by atoms with Crippen LogP contribution in [0, 0.1) is 3.57 Å². The van der Waals surface area contributed by atoms with Gasteiger partial charge in [0.2, 0.25) is 0 Å². The Morgan fingerprint density at radius 1 is 1.33 bits per heavy atom. The second kappa shape index (κ2) is 5.99. The molecule has 1 N–H and O–H groups in total. The number of anilines is 1. The van der Waals surface area contributed by atoms with Crippen LogP contribution in [0.1, 0.15) is 10.4 Å². The van der Waals surface area contributed by atoms with Gasteiger partial charge >= 0.3 is 0 Å². The molecule has 0 atom stereocenters. The van der Waals surface area contributed by atoms with Crippen LogP contribution in [-0.2, 0) is 0 Å². The number of rotatable bonds is 2. The van der Waals surface area contributed by atoms with Crippen molar-refractivity contribution in [2.45, 2.75) is 0 Å². The van der Waals surface area contributed by atoms with Gasteiger partial charge in [-0.3, -0.25) is 4.79 Å². The zero-order chi connectivity index (χ0) is 13.1. The quantitative estimate of drug-likeness (QED) is 0.710. The van der Waals surface area contributed by atoms with E-state index < -0.39 is 0 Å². The van der Waals surface area contributed by atoms with Crippen molar-refractivity contribution >= 4 is 61.8 Å². The van der Waals surface area contributed by atoms with Crippen LogP contribution in [0.2, 0.25) is 5.02 Å². The summed E-state index contributed by atoms with van der Waals surface area (Å²) in [6.07, 6.45) is 1.62. The lowest BCUT2D eigenvalue weighted by Crippen LogP contribution is -2.13. The maximum absolute atomic E-state index is 12.0. The molecule has 0 aliphatic heterocycles. The van der Waals surface area contributed by atoms with Crippen molar-refractivity contribution in [3.63, 3.8) is 0 Å². The lowest BCUT2D eigenvalue weighted by Gasteiger charge is -2.06. The average Bonchev–Trinajstić information content (AvgIpc) is 2.35. The molecule has 0 saturated heterocycles. The standard InChI is InChI=1S/C12H7BrClIN2O/c13-7-1-4-11(16-6-7)17-12(18)9-5-8(15)2-3-10(9)14/h1-6H,(H,16,17,18). The van der Waals surface area contributed by atoms with Gasteiger partial charge in [-0.05, 0) is 68.9 Å².